The first-order chi connectivity index (χ1) is 13.4. The Kier molecular flexibility index (Phi) is 6.50. The molecule has 6 nitrogen and oxygen atoms in total. The third-order valence-corrected chi connectivity index (χ3v) is 6.12. The molecule has 1 aliphatic carbocycles. The molecule has 152 valence electrons. The Morgan fingerprint density at radius 3 is 2.18 bits per heavy atom. The zero-order valence-electron chi connectivity index (χ0n) is 17.1. The predicted octanol–water partition coefficient (Wildman–Crippen LogP) is 2.14. The first kappa shape index (κ1) is 20.5. The fraction of sp³-hybridized carbons (Fsp3) is 0.591. The molecular formula is C22H31N3O3. The molecule has 1 saturated heterocycles. The van der Waals surface area contributed by atoms with Crippen molar-refractivity contribution in [2.24, 2.45) is 11.8 Å². The molecule has 3 rings (SSSR count). The van der Waals surface area contributed by atoms with Crippen molar-refractivity contribution >= 4 is 17.7 Å². The molecule has 3 unspecified atom stereocenters. The van der Waals surface area contributed by atoms with Crippen LogP contribution in [0.3, 0.4) is 0 Å². The SMILES string of the molecule is CCc1ccc(C(CNC(=O)CN2C(=O)C3CCCCC3C2=O)N(C)C)cc1. The van der Waals surface area contributed by atoms with Crippen LogP contribution in [0.2, 0.25) is 0 Å². The van der Waals surface area contributed by atoms with Gasteiger partial charge in [-0.3, -0.25) is 19.3 Å². The van der Waals surface area contributed by atoms with Gasteiger partial charge in [-0.1, -0.05) is 44.0 Å². The van der Waals surface area contributed by atoms with Crippen LogP contribution < -0.4 is 5.32 Å². The third-order valence-electron chi connectivity index (χ3n) is 6.12. The first-order valence-electron chi connectivity index (χ1n) is 10.3. The molecule has 1 heterocycles. The van der Waals surface area contributed by atoms with Crippen molar-refractivity contribution in [1.82, 2.24) is 15.1 Å². The number of likely N-dealkylation sites (N-methyl/N-ethyl adjacent to an activating group) is 1. The van der Waals surface area contributed by atoms with Gasteiger partial charge >= 0.3 is 0 Å². The lowest BCUT2D eigenvalue weighted by molar-refractivity contribution is -0.143. The highest BCUT2D eigenvalue weighted by molar-refractivity contribution is 6.07. The number of carbonyl (C=O) groups is 3. The number of carbonyl (C=O) groups excluding carboxylic acids is 3. The van der Waals surface area contributed by atoms with Crippen molar-refractivity contribution in [3.63, 3.8) is 0 Å². The summed E-state index contributed by atoms with van der Waals surface area (Å²) in [5, 5.41) is 2.91. The van der Waals surface area contributed by atoms with Crippen LogP contribution in [0.5, 0.6) is 0 Å². The Labute approximate surface area is 167 Å². The number of nitrogens with zero attached hydrogens (tertiary/aromatic N) is 2. The van der Waals surface area contributed by atoms with Gasteiger partial charge in [-0.2, -0.15) is 0 Å². The molecule has 1 saturated carbocycles. The Hall–Kier alpha value is -2.21. The fourth-order valence-corrected chi connectivity index (χ4v) is 4.37. The van der Waals surface area contributed by atoms with Gasteiger partial charge in [-0.25, -0.2) is 0 Å². The highest BCUT2D eigenvalue weighted by atomic mass is 16.2. The predicted molar refractivity (Wildman–Crippen MR) is 107 cm³/mol. The van der Waals surface area contributed by atoms with E-state index in [-0.39, 0.29) is 42.1 Å². The number of benzene rings is 1. The number of aryl methyl sites for hydroxylation is 1. The van der Waals surface area contributed by atoms with E-state index >= 15 is 0 Å². The van der Waals surface area contributed by atoms with Crippen LogP contribution in [0.15, 0.2) is 24.3 Å². The van der Waals surface area contributed by atoms with Crippen molar-refractivity contribution in [2.45, 2.75) is 45.1 Å². The Bertz CT molecular complexity index is 705. The van der Waals surface area contributed by atoms with Crippen LogP contribution in [0, 0.1) is 11.8 Å². The van der Waals surface area contributed by atoms with E-state index in [9.17, 15) is 14.4 Å². The molecule has 3 amide bonds. The summed E-state index contributed by atoms with van der Waals surface area (Å²) in [5.41, 5.74) is 2.40. The molecule has 0 radical (unpaired) electrons. The van der Waals surface area contributed by atoms with E-state index in [0.717, 1.165) is 37.7 Å². The monoisotopic (exact) mass is 385 g/mol. The lowest BCUT2D eigenvalue weighted by Gasteiger charge is -2.26. The van der Waals surface area contributed by atoms with E-state index < -0.39 is 0 Å². The summed E-state index contributed by atoms with van der Waals surface area (Å²) < 4.78 is 0. The molecule has 1 aromatic rings. The van der Waals surface area contributed by atoms with Gasteiger partial charge in [0, 0.05) is 6.54 Å². The molecule has 1 aromatic carbocycles. The van der Waals surface area contributed by atoms with E-state index in [0.29, 0.717) is 6.54 Å². The topological polar surface area (TPSA) is 69.7 Å². The molecule has 28 heavy (non-hydrogen) atoms. The minimum Gasteiger partial charge on any atom is -0.353 e. The van der Waals surface area contributed by atoms with Gasteiger partial charge in [-0.05, 0) is 44.5 Å². The molecule has 1 N–H and O–H groups in total. The van der Waals surface area contributed by atoms with Gasteiger partial charge < -0.3 is 10.2 Å². The van der Waals surface area contributed by atoms with Crippen LogP contribution >= 0.6 is 0 Å². The minimum absolute atomic E-state index is 0.0300. The number of fused-ring (bicyclic) bond motifs is 1. The summed E-state index contributed by atoms with van der Waals surface area (Å²) in [7, 11) is 3.95. The lowest BCUT2D eigenvalue weighted by Crippen LogP contribution is -2.43. The molecule has 0 spiro atoms. The smallest absolute Gasteiger partial charge is 0.240 e. The second-order valence-corrected chi connectivity index (χ2v) is 8.14. The van der Waals surface area contributed by atoms with E-state index in [1.807, 2.05) is 14.1 Å². The van der Waals surface area contributed by atoms with Crippen LogP contribution in [-0.2, 0) is 20.8 Å². The largest absolute Gasteiger partial charge is 0.353 e. The number of hydrogen-bond acceptors (Lipinski definition) is 4. The van der Waals surface area contributed by atoms with E-state index in [1.165, 1.54) is 10.5 Å². The van der Waals surface area contributed by atoms with Crippen molar-refractivity contribution in [3.8, 4) is 0 Å². The maximum atomic E-state index is 12.5. The average Bonchev–Trinajstić information content (AvgIpc) is 2.93. The van der Waals surface area contributed by atoms with Crippen molar-refractivity contribution in [2.75, 3.05) is 27.2 Å². The Morgan fingerprint density at radius 2 is 1.68 bits per heavy atom. The zero-order chi connectivity index (χ0) is 20.3. The maximum absolute atomic E-state index is 12.5. The molecule has 2 fully saturated rings. The lowest BCUT2D eigenvalue weighted by atomic mass is 9.81. The summed E-state index contributed by atoms with van der Waals surface area (Å²) in [6.07, 6.45) is 4.50. The molecular weight excluding hydrogens is 354 g/mol. The number of nitrogens with one attached hydrogen (secondary N) is 1. The fourth-order valence-electron chi connectivity index (χ4n) is 4.37. The number of amides is 3. The molecule has 0 aromatic heterocycles. The maximum Gasteiger partial charge on any atom is 0.240 e. The second-order valence-electron chi connectivity index (χ2n) is 8.14. The van der Waals surface area contributed by atoms with Crippen molar-refractivity contribution < 1.29 is 14.4 Å². The van der Waals surface area contributed by atoms with Gasteiger partial charge in [0.2, 0.25) is 17.7 Å². The molecule has 6 heteroatoms. The summed E-state index contributed by atoms with van der Waals surface area (Å²) in [5.74, 6) is -1.02. The Morgan fingerprint density at radius 1 is 1.11 bits per heavy atom. The normalized spacial score (nSPS) is 23.1. The van der Waals surface area contributed by atoms with Gasteiger partial charge in [0.05, 0.1) is 17.9 Å². The number of likely N-dealkylation sites (tertiary alicyclic amines) is 1. The standard InChI is InChI=1S/C22H31N3O3/c1-4-15-9-11-16(12-10-15)19(24(2)3)13-23-20(26)14-25-21(27)17-7-5-6-8-18(17)22(25)28/h9-12,17-19H,4-8,13-14H2,1-3H3,(H,23,26). The highest BCUT2D eigenvalue weighted by Crippen LogP contribution is 2.37. The van der Waals surface area contributed by atoms with Crippen LogP contribution in [0.25, 0.3) is 0 Å². The Balaban J connectivity index is 1.59. The van der Waals surface area contributed by atoms with Crippen LogP contribution in [-0.4, -0.2) is 54.7 Å². The zero-order valence-corrected chi connectivity index (χ0v) is 17.1. The second kappa shape index (κ2) is 8.86. The average molecular weight is 386 g/mol. The van der Waals surface area contributed by atoms with E-state index in [1.54, 1.807) is 0 Å². The number of rotatable bonds is 7. The van der Waals surface area contributed by atoms with Crippen molar-refractivity contribution in [3.05, 3.63) is 35.4 Å². The summed E-state index contributed by atoms with van der Waals surface area (Å²) in [6, 6.07) is 8.43. The molecule has 1 aliphatic heterocycles. The summed E-state index contributed by atoms with van der Waals surface area (Å²) >= 11 is 0. The van der Waals surface area contributed by atoms with E-state index in [2.05, 4.69) is 41.4 Å². The summed E-state index contributed by atoms with van der Waals surface area (Å²) in [4.78, 5) is 40.8. The van der Waals surface area contributed by atoms with E-state index in [4.69, 9.17) is 0 Å². The van der Waals surface area contributed by atoms with Gasteiger partial charge in [-0.15, -0.1) is 0 Å². The number of hydrogen-bond donors (Lipinski definition) is 1. The number of imide groups is 1. The van der Waals surface area contributed by atoms with Gasteiger partial charge in [0.1, 0.15) is 6.54 Å². The highest BCUT2D eigenvalue weighted by Gasteiger charge is 2.48. The minimum atomic E-state index is -0.280. The first-order valence-corrected chi connectivity index (χ1v) is 10.3. The quantitative estimate of drug-likeness (QED) is 0.730. The summed E-state index contributed by atoms with van der Waals surface area (Å²) in [6.45, 7) is 2.38. The molecule has 2 aliphatic rings. The third kappa shape index (κ3) is 4.27. The van der Waals surface area contributed by atoms with Crippen molar-refractivity contribution in [1.29, 1.82) is 0 Å². The van der Waals surface area contributed by atoms with Gasteiger partial charge in [0.25, 0.3) is 0 Å². The molecule has 3 atom stereocenters. The van der Waals surface area contributed by atoms with Crippen LogP contribution in [0.4, 0.5) is 0 Å². The molecule has 0 bridgehead atoms. The van der Waals surface area contributed by atoms with Gasteiger partial charge in [0.15, 0.2) is 0 Å². The van der Waals surface area contributed by atoms with Crippen LogP contribution in [0.1, 0.15) is 49.8 Å².